The van der Waals surface area contributed by atoms with Gasteiger partial charge >= 0.3 is 0 Å². The molecule has 4 heteroatoms. The van der Waals surface area contributed by atoms with Crippen LogP contribution in [-0.4, -0.2) is 32.9 Å². The van der Waals surface area contributed by atoms with Crippen molar-refractivity contribution in [2.75, 3.05) is 6.61 Å². The van der Waals surface area contributed by atoms with Gasteiger partial charge in [0.15, 0.2) is 8.32 Å². The highest BCUT2D eigenvalue weighted by Gasteiger charge is 2.45. The molecule has 130 valence electrons. The highest BCUT2D eigenvalue weighted by Crippen LogP contribution is 2.42. The average Bonchev–Trinajstić information content (AvgIpc) is 2.37. The summed E-state index contributed by atoms with van der Waals surface area (Å²) in [6, 6.07) is 0. The summed E-state index contributed by atoms with van der Waals surface area (Å²) >= 11 is 0. The molecule has 0 amide bonds. The topological polar surface area (TPSA) is 35.5 Å². The second kappa shape index (κ2) is 8.60. The van der Waals surface area contributed by atoms with Gasteiger partial charge in [-0.2, -0.15) is 0 Å². The number of hydrogen-bond acceptors (Lipinski definition) is 3. The van der Waals surface area contributed by atoms with E-state index in [0.29, 0.717) is 29.7 Å². The lowest BCUT2D eigenvalue weighted by molar-refractivity contribution is -0.124. The van der Waals surface area contributed by atoms with E-state index in [-0.39, 0.29) is 18.0 Å². The number of ketones is 1. The Kier molecular flexibility index (Phi) is 7.76. The molecule has 2 atom stereocenters. The zero-order chi connectivity index (χ0) is 16.9. The van der Waals surface area contributed by atoms with Crippen LogP contribution < -0.4 is 0 Å². The van der Waals surface area contributed by atoms with Gasteiger partial charge in [0, 0.05) is 6.42 Å². The fourth-order valence-corrected chi connectivity index (χ4v) is 9.79. The summed E-state index contributed by atoms with van der Waals surface area (Å²) in [5, 5.41) is 0. The van der Waals surface area contributed by atoms with Gasteiger partial charge in [0.1, 0.15) is 5.78 Å². The van der Waals surface area contributed by atoms with Crippen molar-refractivity contribution < 1.29 is 14.0 Å². The first-order valence-electron chi connectivity index (χ1n) is 8.99. The molecule has 0 spiro atoms. The molecule has 1 aliphatic rings. The lowest BCUT2D eigenvalue weighted by Crippen LogP contribution is -2.49. The molecule has 1 aliphatic heterocycles. The Morgan fingerprint density at radius 1 is 1.05 bits per heavy atom. The van der Waals surface area contributed by atoms with Crippen LogP contribution in [0.5, 0.6) is 0 Å². The molecule has 1 saturated heterocycles. The van der Waals surface area contributed by atoms with Crippen LogP contribution in [0.1, 0.15) is 74.1 Å². The molecule has 0 aromatic carbocycles. The van der Waals surface area contributed by atoms with Crippen molar-refractivity contribution >= 4 is 14.1 Å². The van der Waals surface area contributed by atoms with Crippen molar-refractivity contribution in [2.45, 2.75) is 103 Å². The fraction of sp³-hybridized carbons (Fsp3) is 0.944. The van der Waals surface area contributed by atoms with Crippen LogP contribution in [-0.2, 0) is 14.0 Å². The summed E-state index contributed by atoms with van der Waals surface area (Å²) in [5.74, 6) is 0.224. The van der Waals surface area contributed by atoms with E-state index in [1.54, 1.807) is 6.92 Å². The van der Waals surface area contributed by atoms with Gasteiger partial charge in [-0.05, 0) is 42.8 Å². The average molecular weight is 329 g/mol. The molecule has 1 heterocycles. The molecular formula is C18H36O3Si. The molecule has 1 rings (SSSR count). The third-order valence-electron chi connectivity index (χ3n) is 5.18. The van der Waals surface area contributed by atoms with Gasteiger partial charge in [0.05, 0.1) is 18.8 Å². The van der Waals surface area contributed by atoms with Gasteiger partial charge in [-0.15, -0.1) is 0 Å². The molecule has 0 aromatic rings. The standard InChI is InChI=1S/C18H36O3Si/c1-13(2)22(14(3)4,15(5)6)20-12-18-10-8-9-17(21-18)11-16(7)19/h13-15,17-18H,8-12H2,1-7H3/t17-,18+/m0/s1. The number of ether oxygens (including phenoxy) is 1. The van der Waals surface area contributed by atoms with E-state index in [1.165, 1.54) is 0 Å². The van der Waals surface area contributed by atoms with E-state index in [9.17, 15) is 4.79 Å². The first kappa shape index (κ1) is 19.9. The summed E-state index contributed by atoms with van der Waals surface area (Å²) in [5.41, 5.74) is 1.80. The molecule has 0 radical (unpaired) electrons. The van der Waals surface area contributed by atoms with Gasteiger partial charge in [-0.25, -0.2) is 0 Å². The van der Waals surface area contributed by atoms with E-state index in [2.05, 4.69) is 41.5 Å². The van der Waals surface area contributed by atoms with Crippen LogP contribution >= 0.6 is 0 Å². The minimum Gasteiger partial charge on any atom is -0.413 e. The Morgan fingerprint density at radius 3 is 2.00 bits per heavy atom. The van der Waals surface area contributed by atoms with Crippen molar-refractivity contribution in [1.82, 2.24) is 0 Å². The van der Waals surface area contributed by atoms with E-state index < -0.39 is 8.32 Å². The second-order valence-corrected chi connectivity index (χ2v) is 13.3. The monoisotopic (exact) mass is 328 g/mol. The predicted molar refractivity (Wildman–Crippen MR) is 94.8 cm³/mol. The highest BCUT2D eigenvalue weighted by molar-refractivity contribution is 6.77. The summed E-state index contributed by atoms with van der Waals surface area (Å²) in [6.07, 6.45) is 4.04. The molecule has 22 heavy (non-hydrogen) atoms. The molecule has 0 aromatic heterocycles. The maximum atomic E-state index is 11.3. The van der Waals surface area contributed by atoms with Crippen LogP contribution in [0.15, 0.2) is 0 Å². The van der Waals surface area contributed by atoms with Gasteiger partial charge in [-0.3, -0.25) is 4.79 Å². The Labute approximate surface area is 138 Å². The molecule has 0 unspecified atom stereocenters. The van der Waals surface area contributed by atoms with Crippen LogP contribution in [0, 0.1) is 0 Å². The molecule has 3 nitrogen and oxygen atoms in total. The van der Waals surface area contributed by atoms with Crippen molar-refractivity contribution in [3.63, 3.8) is 0 Å². The van der Waals surface area contributed by atoms with Crippen LogP contribution in [0.4, 0.5) is 0 Å². The lowest BCUT2D eigenvalue weighted by Gasteiger charge is -2.43. The molecule has 0 aliphatic carbocycles. The van der Waals surface area contributed by atoms with E-state index in [0.717, 1.165) is 19.3 Å². The molecule has 0 bridgehead atoms. The number of carbonyl (C=O) groups is 1. The minimum absolute atomic E-state index is 0.105. The normalized spacial score (nSPS) is 23.5. The number of carbonyl (C=O) groups excluding carboxylic acids is 1. The smallest absolute Gasteiger partial charge is 0.200 e. The first-order valence-corrected chi connectivity index (χ1v) is 11.1. The van der Waals surface area contributed by atoms with Gasteiger partial charge in [-0.1, -0.05) is 41.5 Å². The summed E-state index contributed by atoms with van der Waals surface area (Å²) in [7, 11) is -1.81. The largest absolute Gasteiger partial charge is 0.413 e. The predicted octanol–water partition coefficient (Wildman–Crippen LogP) is 5.10. The fourth-order valence-electron chi connectivity index (χ4n) is 4.31. The Balaban J connectivity index is 2.66. The maximum Gasteiger partial charge on any atom is 0.200 e. The van der Waals surface area contributed by atoms with E-state index in [1.807, 2.05) is 0 Å². The zero-order valence-electron chi connectivity index (χ0n) is 15.6. The zero-order valence-corrected chi connectivity index (χ0v) is 16.6. The van der Waals surface area contributed by atoms with Crippen LogP contribution in [0.2, 0.25) is 16.6 Å². The molecule has 0 N–H and O–H groups in total. The number of hydrogen-bond donors (Lipinski definition) is 0. The number of Topliss-reactive ketones (excluding diaryl/α,β-unsaturated/α-hetero) is 1. The van der Waals surface area contributed by atoms with Crippen molar-refractivity contribution in [3.05, 3.63) is 0 Å². The Hall–Kier alpha value is -0.193. The van der Waals surface area contributed by atoms with Crippen molar-refractivity contribution in [1.29, 1.82) is 0 Å². The number of rotatable bonds is 8. The van der Waals surface area contributed by atoms with Gasteiger partial charge < -0.3 is 9.16 Å². The van der Waals surface area contributed by atoms with E-state index >= 15 is 0 Å². The van der Waals surface area contributed by atoms with Crippen LogP contribution in [0.3, 0.4) is 0 Å². The van der Waals surface area contributed by atoms with Crippen molar-refractivity contribution in [2.24, 2.45) is 0 Å². The minimum atomic E-state index is -1.81. The Morgan fingerprint density at radius 2 is 1.55 bits per heavy atom. The summed E-state index contributed by atoms with van der Waals surface area (Å²) in [4.78, 5) is 11.3. The SMILES string of the molecule is CC(=O)C[C@@H]1CCC[C@H](CO[Si](C(C)C)(C(C)C)C(C)C)O1. The Bertz CT molecular complexity index is 330. The van der Waals surface area contributed by atoms with Crippen LogP contribution in [0.25, 0.3) is 0 Å². The quantitative estimate of drug-likeness (QED) is 0.582. The lowest BCUT2D eigenvalue weighted by atomic mass is 10.0. The summed E-state index contributed by atoms with van der Waals surface area (Å²) < 4.78 is 12.7. The first-order chi connectivity index (χ1) is 10.2. The van der Waals surface area contributed by atoms with Crippen molar-refractivity contribution in [3.8, 4) is 0 Å². The second-order valence-electron chi connectivity index (χ2n) is 7.85. The van der Waals surface area contributed by atoms with Gasteiger partial charge in [0.2, 0.25) is 0 Å². The highest BCUT2D eigenvalue weighted by atomic mass is 28.4. The maximum absolute atomic E-state index is 11.3. The molecule has 1 fully saturated rings. The van der Waals surface area contributed by atoms with Gasteiger partial charge in [0.25, 0.3) is 0 Å². The molecular weight excluding hydrogens is 292 g/mol. The summed E-state index contributed by atoms with van der Waals surface area (Å²) in [6.45, 7) is 16.2. The third kappa shape index (κ3) is 4.90. The third-order valence-corrected chi connectivity index (χ3v) is 11.3. The molecule has 0 saturated carbocycles. The van der Waals surface area contributed by atoms with E-state index in [4.69, 9.17) is 9.16 Å².